The number of nitrogens with zero attached hydrogens (tertiary/aromatic N) is 5. The number of hydrogen-bond acceptors (Lipinski definition) is 5. The van der Waals surface area contributed by atoms with Gasteiger partial charge in [0.25, 0.3) is 0 Å². The molecule has 7 nitrogen and oxygen atoms in total. The van der Waals surface area contributed by atoms with Gasteiger partial charge in [-0.25, -0.2) is 9.89 Å². The molecule has 0 aliphatic carbocycles. The molecule has 1 unspecified atom stereocenters. The van der Waals surface area contributed by atoms with Crippen LogP contribution in [0.15, 0.2) is 34.1 Å². The first-order valence-electron chi connectivity index (χ1n) is 9.84. The van der Waals surface area contributed by atoms with E-state index in [1.165, 1.54) is 11.1 Å². The highest BCUT2D eigenvalue weighted by Gasteiger charge is 2.38. The highest BCUT2D eigenvalue weighted by Crippen LogP contribution is 2.33. The largest absolute Gasteiger partial charge is 0.343 e. The van der Waals surface area contributed by atoms with Crippen molar-refractivity contribution in [2.75, 3.05) is 19.6 Å². The fourth-order valence-electron chi connectivity index (χ4n) is 4.97. The second-order valence-corrected chi connectivity index (χ2v) is 8.28. The molecule has 1 aromatic carbocycles. The number of guanidine groups is 1. The van der Waals surface area contributed by atoms with Gasteiger partial charge in [-0.2, -0.15) is 5.10 Å². The molecule has 1 N–H and O–H groups in total. The van der Waals surface area contributed by atoms with E-state index in [1.807, 2.05) is 0 Å². The van der Waals surface area contributed by atoms with Crippen molar-refractivity contribution < 1.29 is 0 Å². The number of nitrogens with one attached hydrogen (secondary N) is 1. The lowest BCUT2D eigenvalue weighted by atomic mass is 9.89. The molecule has 1 aromatic heterocycles. The molecule has 3 aliphatic rings. The summed E-state index contributed by atoms with van der Waals surface area (Å²) in [7, 11) is 1.80. The zero-order chi connectivity index (χ0) is 18.5. The van der Waals surface area contributed by atoms with E-state index >= 15 is 0 Å². The molecule has 27 heavy (non-hydrogen) atoms. The summed E-state index contributed by atoms with van der Waals surface area (Å²) in [5.41, 5.74) is 2.74. The number of likely N-dealkylation sites (tertiary alicyclic amines) is 1. The molecule has 3 aliphatic heterocycles. The van der Waals surface area contributed by atoms with Crippen LogP contribution in [0.1, 0.15) is 36.2 Å². The molecule has 0 amide bonds. The van der Waals surface area contributed by atoms with Crippen molar-refractivity contribution >= 4 is 5.96 Å². The zero-order valence-electron chi connectivity index (χ0n) is 15.9. The maximum atomic E-state index is 11.8. The zero-order valence-corrected chi connectivity index (χ0v) is 15.9. The minimum Gasteiger partial charge on any atom is -0.342 e. The van der Waals surface area contributed by atoms with Gasteiger partial charge >= 0.3 is 5.69 Å². The molecule has 2 aromatic rings. The molecular weight excluding hydrogens is 340 g/mol. The topological polar surface area (TPSA) is 69.5 Å². The van der Waals surface area contributed by atoms with Crippen LogP contribution in [0.2, 0.25) is 0 Å². The van der Waals surface area contributed by atoms with Gasteiger partial charge in [0.1, 0.15) is 5.82 Å². The maximum Gasteiger partial charge on any atom is 0.343 e. The second-order valence-electron chi connectivity index (χ2n) is 8.28. The van der Waals surface area contributed by atoms with Crippen LogP contribution >= 0.6 is 0 Å². The van der Waals surface area contributed by atoms with Crippen molar-refractivity contribution in [3.05, 3.63) is 51.7 Å². The highest BCUT2D eigenvalue weighted by molar-refractivity contribution is 5.83. The standard InChI is InChI=1S/C20H26N6O/c1-13-7-16(18-22-23-20(27)24(18)2)11-25(10-13)19-21-9-17-8-14-5-3-4-6-15(14)12-26(17)19/h3-6,13,16-17H,7-12H2,1-2H3,(H,23,27)/t13-,16-,17?/m1/s1. The Morgan fingerprint density at radius 2 is 2.00 bits per heavy atom. The van der Waals surface area contributed by atoms with Crippen LogP contribution < -0.4 is 5.69 Å². The van der Waals surface area contributed by atoms with Crippen LogP contribution in [0.4, 0.5) is 0 Å². The predicted molar refractivity (Wildman–Crippen MR) is 104 cm³/mol. The number of hydrogen-bond donors (Lipinski definition) is 1. The van der Waals surface area contributed by atoms with Crippen LogP contribution in [0, 0.1) is 5.92 Å². The van der Waals surface area contributed by atoms with Crippen LogP contribution in [0.5, 0.6) is 0 Å². The number of aliphatic imine (C=N–C) groups is 1. The third-order valence-electron chi connectivity index (χ3n) is 6.28. The molecule has 1 saturated heterocycles. The van der Waals surface area contributed by atoms with Gasteiger partial charge in [0, 0.05) is 32.6 Å². The number of H-pyrrole nitrogens is 1. The Morgan fingerprint density at radius 3 is 2.78 bits per heavy atom. The Balaban J connectivity index is 1.40. The summed E-state index contributed by atoms with van der Waals surface area (Å²) in [6.07, 6.45) is 2.12. The number of piperidine rings is 1. The molecule has 1 fully saturated rings. The van der Waals surface area contributed by atoms with Crippen molar-refractivity contribution in [2.24, 2.45) is 18.0 Å². The van der Waals surface area contributed by atoms with Crippen molar-refractivity contribution in [3.63, 3.8) is 0 Å². The third kappa shape index (κ3) is 2.76. The van der Waals surface area contributed by atoms with Gasteiger partial charge in [-0.05, 0) is 29.9 Å². The lowest BCUT2D eigenvalue weighted by molar-refractivity contribution is 0.198. The Hall–Kier alpha value is -2.57. The summed E-state index contributed by atoms with van der Waals surface area (Å²) in [4.78, 5) is 21.7. The van der Waals surface area contributed by atoms with Gasteiger partial charge in [-0.15, -0.1) is 0 Å². The average Bonchev–Trinajstić information content (AvgIpc) is 3.22. The average molecular weight is 366 g/mol. The van der Waals surface area contributed by atoms with Gasteiger partial charge in [-0.1, -0.05) is 31.2 Å². The first-order valence-corrected chi connectivity index (χ1v) is 9.84. The molecule has 5 rings (SSSR count). The molecule has 142 valence electrons. The van der Waals surface area contributed by atoms with Gasteiger partial charge in [0.05, 0.1) is 12.6 Å². The van der Waals surface area contributed by atoms with E-state index in [1.54, 1.807) is 11.6 Å². The number of aromatic nitrogens is 3. The lowest BCUT2D eigenvalue weighted by Crippen LogP contribution is -2.52. The Morgan fingerprint density at radius 1 is 1.19 bits per heavy atom. The number of rotatable bonds is 1. The Bertz CT molecular complexity index is 944. The fourth-order valence-corrected chi connectivity index (χ4v) is 4.97. The fraction of sp³-hybridized carbons (Fsp3) is 0.550. The normalized spacial score (nSPS) is 27.3. The van der Waals surface area contributed by atoms with E-state index in [-0.39, 0.29) is 11.6 Å². The molecule has 4 heterocycles. The molecular formula is C20H26N6O. The SMILES string of the molecule is C[C@@H]1C[C@@H](c2n[nH]c(=O)n2C)CN(C2=NCC3Cc4ccccc4CN23)C1. The van der Waals surface area contributed by atoms with Crippen molar-refractivity contribution in [3.8, 4) is 0 Å². The van der Waals surface area contributed by atoms with Crippen LogP contribution in [0.25, 0.3) is 0 Å². The van der Waals surface area contributed by atoms with E-state index in [0.29, 0.717) is 12.0 Å². The van der Waals surface area contributed by atoms with Gasteiger partial charge in [0.15, 0.2) is 5.96 Å². The molecule has 0 bridgehead atoms. The summed E-state index contributed by atoms with van der Waals surface area (Å²) >= 11 is 0. The first-order chi connectivity index (χ1) is 13.1. The van der Waals surface area contributed by atoms with Crippen LogP contribution in [-0.4, -0.2) is 56.2 Å². The highest BCUT2D eigenvalue weighted by atomic mass is 16.1. The van der Waals surface area contributed by atoms with E-state index in [9.17, 15) is 4.79 Å². The lowest BCUT2D eigenvalue weighted by Gasteiger charge is -2.42. The minimum absolute atomic E-state index is 0.138. The summed E-state index contributed by atoms with van der Waals surface area (Å²) in [5.74, 6) is 2.77. The van der Waals surface area contributed by atoms with Gasteiger partial charge in [-0.3, -0.25) is 9.56 Å². The minimum atomic E-state index is -0.138. The van der Waals surface area contributed by atoms with E-state index < -0.39 is 0 Å². The number of benzene rings is 1. The summed E-state index contributed by atoms with van der Waals surface area (Å²) in [6, 6.07) is 9.23. The van der Waals surface area contributed by atoms with Crippen molar-refractivity contribution in [1.82, 2.24) is 24.6 Å². The Labute approximate surface area is 158 Å². The van der Waals surface area contributed by atoms with Crippen molar-refractivity contribution in [1.29, 1.82) is 0 Å². The monoisotopic (exact) mass is 366 g/mol. The van der Waals surface area contributed by atoms with Crippen LogP contribution in [-0.2, 0) is 20.0 Å². The van der Waals surface area contributed by atoms with Gasteiger partial charge in [0.2, 0.25) is 0 Å². The molecule has 3 atom stereocenters. The summed E-state index contributed by atoms with van der Waals surface area (Å²) in [5, 5.41) is 6.88. The number of fused-ring (bicyclic) bond motifs is 2. The second kappa shape index (κ2) is 6.25. The van der Waals surface area contributed by atoms with Crippen LogP contribution in [0.3, 0.4) is 0 Å². The summed E-state index contributed by atoms with van der Waals surface area (Å²) < 4.78 is 1.65. The quantitative estimate of drug-likeness (QED) is 0.827. The van der Waals surface area contributed by atoms with E-state index in [0.717, 1.165) is 50.8 Å². The first kappa shape index (κ1) is 16.6. The summed E-state index contributed by atoms with van der Waals surface area (Å²) in [6.45, 7) is 5.98. The maximum absolute atomic E-state index is 11.8. The third-order valence-corrected chi connectivity index (χ3v) is 6.28. The van der Waals surface area contributed by atoms with E-state index in [4.69, 9.17) is 4.99 Å². The molecule has 7 heteroatoms. The Kier molecular flexibility index (Phi) is 3.84. The smallest absolute Gasteiger partial charge is 0.342 e. The predicted octanol–water partition coefficient (Wildman–Crippen LogP) is 1.33. The molecule has 0 radical (unpaired) electrons. The van der Waals surface area contributed by atoms with Gasteiger partial charge < -0.3 is 9.80 Å². The number of aromatic amines is 1. The van der Waals surface area contributed by atoms with E-state index in [2.05, 4.69) is 51.2 Å². The molecule has 0 saturated carbocycles. The molecule has 0 spiro atoms. The van der Waals surface area contributed by atoms with Crippen molar-refractivity contribution in [2.45, 2.75) is 38.3 Å².